The van der Waals surface area contributed by atoms with E-state index in [0.29, 0.717) is 4.90 Å². The van der Waals surface area contributed by atoms with Gasteiger partial charge in [-0.15, -0.1) is 0 Å². The standard InChI is InChI=1S/C11H19NO4/c1-11(2,3)16-10(14)12-6-5-8(13)9(7-12)15-4/h9H,5-7H2,1-4H3/i6D2,7D2. The number of rotatable bonds is 1. The second kappa shape index (κ2) is 4.82. The molecule has 0 aliphatic carbocycles. The number of hydrogen-bond acceptors (Lipinski definition) is 4. The summed E-state index contributed by atoms with van der Waals surface area (Å²) >= 11 is 0. The third kappa shape index (κ3) is 3.48. The molecule has 1 amide bonds. The Morgan fingerprint density at radius 2 is 2.19 bits per heavy atom. The third-order valence-electron chi connectivity index (χ3n) is 1.76. The first-order valence-electron chi connectivity index (χ1n) is 6.92. The van der Waals surface area contributed by atoms with Crippen LogP contribution in [0.1, 0.15) is 32.7 Å². The number of piperidine rings is 1. The van der Waals surface area contributed by atoms with Crippen molar-refractivity contribution in [1.29, 1.82) is 0 Å². The van der Waals surface area contributed by atoms with Gasteiger partial charge in [0.1, 0.15) is 11.7 Å². The molecule has 1 saturated heterocycles. The van der Waals surface area contributed by atoms with Crippen molar-refractivity contribution < 1.29 is 24.5 Å². The summed E-state index contributed by atoms with van der Waals surface area (Å²) in [5, 5.41) is 0. The summed E-state index contributed by atoms with van der Waals surface area (Å²) in [5.74, 6) is -0.734. The molecule has 5 heteroatoms. The van der Waals surface area contributed by atoms with E-state index in [1.807, 2.05) is 0 Å². The fraction of sp³-hybridized carbons (Fsp3) is 0.818. The van der Waals surface area contributed by atoms with Gasteiger partial charge in [-0.2, -0.15) is 0 Å². The fourth-order valence-corrected chi connectivity index (χ4v) is 1.09. The van der Waals surface area contributed by atoms with Gasteiger partial charge < -0.3 is 14.4 Å². The van der Waals surface area contributed by atoms with Crippen molar-refractivity contribution in [3.05, 3.63) is 0 Å². The maximum atomic E-state index is 12.1. The molecule has 0 saturated carbocycles. The van der Waals surface area contributed by atoms with E-state index in [9.17, 15) is 9.59 Å². The highest BCUT2D eigenvalue weighted by atomic mass is 16.6. The molecule has 0 radical (unpaired) electrons. The number of methoxy groups -OCH3 is 1. The predicted molar refractivity (Wildman–Crippen MR) is 58.2 cm³/mol. The molecular formula is C11H19NO4. The molecule has 0 N–H and O–H groups in total. The Morgan fingerprint density at radius 1 is 1.56 bits per heavy atom. The van der Waals surface area contributed by atoms with E-state index < -0.39 is 43.0 Å². The van der Waals surface area contributed by atoms with E-state index in [2.05, 4.69) is 0 Å². The van der Waals surface area contributed by atoms with Gasteiger partial charge >= 0.3 is 6.09 Å². The van der Waals surface area contributed by atoms with Crippen molar-refractivity contribution in [2.75, 3.05) is 20.1 Å². The lowest BCUT2D eigenvalue weighted by Crippen LogP contribution is -2.49. The number of Topliss-reactive ketones (excluding diaryl/α,β-unsaturated/α-hetero) is 1. The molecule has 1 unspecified atom stereocenters. The summed E-state index contributed by atoms with van der Waals surface area (Å²) in [5.41, 5.74) is -0.909. The van der Waals surface area contributed by atoms with Crippen LogP contribution in [0.25, 0.3) is 0 Å². The van der Waals surface area contributed by atoms with Crippen molar-refractivity contribution in [1.82, 2.24) is 4.90 Å². The van der Waals surface area contributed by atoms with Crippen molar-refractivity contribution >= 4 is 11.9 Å². The van der Waals surface area contributed by atoms with E-state index in [0.717, 1.165) is 7.11 Å². The lowest BCUT2D eigenvalue weighted by Gasteiger charge is -2.32. The summed E-state index contributed by atoms with van der Waals surface area (Å²) in [6, 6.07) is 0. The Hall–Kier alpha value is -1.10. The first-order chi connectivity index (χ1) is 8.83. The van der Waals surface area contributed by atoms with Crippen LogP contribution in [0.3, 0.4) is 0 Å². The van der Waals surface area contributed by atoms with E-state index in [4.69, 9.17) is 15.0 Å². The lowest BCUT2D eigenvalue weighted by atomic mass is 10.1. The van der Waals surface area contributed by atoms with Gasteiger partial charge in [0.05, 0.1) is 9.24 Å². The van der Waals surface area contributed by atoms with Gasteiger partial charge in [-0.05, 0) is 20.8 Å². The third-order valence-corrected chi connectivity index (χ3v) is 1.76. The van der Waals surface area contributed by atoms with Crippen LogP contribution in [-0.2, 0) is 14.3 Å². The van der Waals surface area contributed by atoms with Crippen molar-refractivity contribution in [2.45, 2.75) is 38.9 Å². The molecule has 5 nitrogen and oxygen atoms in total. The van der Waals surface area contributed by atoms with Crippen LogP contribution >= 0.6 is 0 Å². The van der Waals surface area contributed by atoms with Crippen LogP contribution in [0.15, 0.2) is 0 Å². The molecule has 0 aromatic rings. The smallest absolute Gasteiger partial charge is 0.410 e. The van der Waals surface area contributed by atoms with Crippen molar-refractivity contribution in [3.63, 3.8) is 0 Å². The number of carbonyl (C=O) groups is 2. The predicted octanol–water partition coefficient (Wildman–Crippen LogP) is 1.21. The number of ether oxygens (including phenoxy) is 2. The molecule has 0 spiro atoms. The average Bonchev–Trinajstić information content (AvgIpc) is 2.09. The highest BCUT2D eigenvalue weighted by Gasteiger charge is 2.31. The number of likely N-dealkylation sites (tertiary alicyclic amines) is 1. The topological polar surface area (TPSA) is 55.8 Å². The van der Waals surface area contributed by atoms with Crippen LogP contribution in [0.5, 0.6) is 0 Å². The molecule has 0 aromatic carbocycles. The zero-order valence-corrected chi connectivity index (χ0v) is 9.86. The number of amides is 1. The Morgan fingerprint density at radius 3 is 2.69 bits per heavy atom. The fourth-order valence-electron chi connectivity index (χ4n) is 1.09. The van der Waals surface area contributed by atoms with Gasteiger partial charge in [0.2, 0.25) is 0 Å². The maximum absolute atomic E-state index is 12.1. The van der Waals surface area contributed by atoms with Crippen LogP contribution < -0.4 is 0 Å². The monoisotopic (exact) mass is 233 g/mol. The van der Waals surface area contributed by atoms with E-state index in [-0.39, 0.29) is 0 Å². The second-order valence-corrected chi connectivity index (χ2v) is 4.36. The first kappa shape index (κ1) is 8.06. The largest absolute Gasteiger partial charge is 0.444 e. The van der Waals surface area contributed by atoms with Gasteiger partial charge in [0.15, 0.2) is 5.78 Å². The zero-order valence-electron chi connectivity index (χ0n) is 13.9. The Kier molecular flexibility index (Phi) is 2.43. The highest BCUT2D eigenvalue weighted by molar-refractivity contribution is 5.85. The quantitative estimate of drug-likeness (QED) is 0.683. The van der Waals surface area contributed by atoms with Crippen LogP contribution in [0, 0.1) is 0 Å². The summed E-state index contributed by atoms with van der Waals surface area (Å²) in [6.45, 7) is -0.356. The minimum absolute atomic E-state index is 0.306. The zero-order chi connectivity index (χ0) is 15.9. The molecule has 92 valence electrons. The molecule has 1 heterocycles. The Balaban J connectivity index is 3.18. The molecule has 1 atom stereocenters. The highest BCUT2D eigenvalue weighted by Crippen LogP contribution is 2.14. The van der Waals surface area contributed by atoms with Gasteiger partial charge in [-0.3, -0.25) is 4.79 Å². The summed E-state index contributed by atoms with van der Waals surface area (Å²) < 4.78 is 41.0. The average molecular weight is 233 g/mol. The summed E-state index contributed by atoms with van der Waals surface area (Å²) in [6.07, 6.45) is -3.36. The Bertz CT molecular complexity index is 419. The van der Waals surface area contributed by atoms with Crippen LogP contribution in [0.4, 0.5) is 4.79 Å². The van der Waals surface area contributed by atoms with Crippen molar-refractivity contribution in [2.24, 2.45) is 0 Å². The van der Waals surface area contributed by atoms with Gasteiger partial charge in [0.25, 0.3) is 0 Å². The maximum Gasteiger partial charge on any atom is 0.410 e. The molecule has 0 aromatic heterocycles. The summed E-state index contributed by atoms with van der Waals surface area (Å²) in [4.78, 5) is 24.1. The van der Waals surface area contributed by atoms with Gasteiger partial charge in [-0.25, -0.2) is 4.79 Å². The summed E-state index contributed by atoms with van der Waals surface area (Å²) in [7, 11) is 1.13. The molecule has 0 bridgehead atoms. The molecule has 1 aliphatic rings. The van der Waals surface area contributed by atoms with Crippen LogP contribution in [0.2, 0.25) is 0 Å². The van der Waals surface area contributed by atoms with Gasteiger partial charge in [0, 0.05) is 22.8 Å². The minimum atomic E-state index is -2.63. The number of nitrogens with zero attached hydrogens (tertiary/aromatic N) is 1. The number of ketones is 1. The van der Waals surface area contributed by atoms with Crippen molar-refractivity contribution in [3.8, 4) is 0 Å². The number of carbonyl (C=O) groups excluding carboxylic acids is 2. The molecule has 1 aliphatic heterocycles. The molecule has 1 rings (SSSR count). The number of hydrogen-bond donors (Lipinski definition) is 0. The molecule has 1 fully saturated rings. The van der Waals surface area contributed by atoms with E-state index in [1.165, 1.54) is 0 Å². The van der Waals surface area contributed by atoms with E-state index >= 15 is 0 Å². The SMILES string of the molecule is [2H]C1([2H])CC(=O)C(OC)C([2H])([2H])N1C(=O)OC(C)(C)C. The lowest BCUT2D eigenvalue weighted by molar-refractivity contribution is -0.133. The normalized spacial score (nSPS) is 32.1. The second-order valence-electron chi connectivity index (χ2n) is 4.36. The van der Waals surface area contributed by atoms with Crippen LogP contribution in [-0.4, -0.2) is 48.6 Å². The first-order valence-corrected chi connectivity index (χ1v) is 4.92. The van der Waals surface area contributed by atoms with Gasteiger partial charge in [-0.1, -0.05) is 0 Å². The molecular weight excluding hydrogens is 210 g/mol. The van der Waals surface area contributed by atoms with E-state index in [1.54, 1.807) is 20.8 Å². The Labute approximate surface area is 101 Å². The minimum Gasteiger partial charge on any atom is -0.444 e. The molecule has 16 heavy (non-hydrogen) atoms.